The van der Waals surface area contributed by atoms with E-state index in [2.05, 4.69) is 10.3 Å². The van der Waals surface area contributed by atoms with E-state index in [4.69, 9.17) is 4.42 Å². The first kappa shape index (κ1) is 15.3. The van der Waals surface area contributed by atoms with Crippen molar-refractivity contribution in [1.82, 2.24) is 4.98 Å². The Morgan fingerprint density at radius 3 is 2.70 bits per heavy atom. The Morgan fingerprint density at radius 2 is 2.09 bits per heavy atom. The average Bonchev–Trinajstić information content (AvgIpc) is 3.19. The quantitative estimate of drug-likeness (QED) is 0.755. The lowest BCUT2D eigenvalue weighted by Gasteiger charge is -2.12. The number of alkyl halides is 3. The van der Waals surface area contributed by atoms with Crippen LogP contribution < -0.4 is 5.32 Å². The van der Waals surface area contributed by atoms with E-state index in [9.17, 15) is 18.0 Å². The summed E-state index contributed by atoms with van der Waals surface area (Å²) in [6.45, 7) is 0. The van der Waals surface area contributed by atoms with Gasteiger partial charge in [0.25, 0.3) is 5.91 Å². The molecule has 1 N–H and O–H groups in total. The smallest absolute Gasteiger partial charge is 0.416 e. The Bertz CT molecular complexity index is 812. The maximum atomic E-state index is 13.0. The van der Waals surface area contributed by atoms with E-state index in [1.54, 1.807) is 17.5 Å². The molecule has 0 unspecified atom stereocenters. The fourth-order valence-corrected chi connectivity index (χ4v) is 2.58. The number of benzene rings is 1. The molecule has 0 aliphatic rings. The van der Waals surface area contributed by atoms with Crippen LogP contribution >= 0.6 is 11.3 Å². The number of halogens is 3. The van der Waals surface area contributed by atoms with Crippen LogP contribution in [0.4, 0.5) is 18.9 Å². The molecule has 4 nitrogen and oxygen atoms in total. The van der Waals surface area contributed by atoms with Crippen molar-refractivity contribution in [2.75, 3.05) is 5.32 Å². The number of rotatable bonds is 3. The lowest BCUT2D eigenvalue weighted by Crippen LogP contribution is -2.12. The van der Waals surface area contributed by atoms with Crippen molar-refractivity contribution in [3.63, 3.8) is 0 Å². The van der Waals surface area contributed by atoms with E-state index in [-0.39, 0.29) is 17.0 Å². The number of oxazole rings is 1. The van der Waals surface area contributed by atoms with Crippen LogP contribution in [0.2, 0.25) is 0 Å². The summed E-state index contributed by atoms with van der Waals surface area (Å²) in [7, 11) is 0. The fourth-order valence-electron chi connectivity index (χ4n) is 1.96. The molecule has 0 saturated heterocycles. The number of nitrogens with zero attached hydrogens (tertiary/aromatic N) is 1. The van der Waals surface area contributed by atoms with Crippen LogP contribution in [0.15, 0.2) is 52.7 Å². The van der Waals surface area contributed by atoms with E-state index in [0.717, 1.165) is 18.5 Å². The summed E-state index contributed by atoms with van der Waals surface area (Å²) >= 11 is 1.20. The number of anilines is 1. The van der Waals surface area contributed by atoms with Crippen molar-refractivity contribution in [3.8, 4) is 11.3 Å². The van der Waals surface area contributed by atoms with Gasteiger partial charge in [-0.3, -0.25) is 4.79 Å². The highest BCUT2D eigenvalue weighted by molar-refractivity contribution is 7.12. The molecule has 0 radical (unpaired) electrons. The van der Waals surface area contributed by atoms with Gasteiger partial charge in [0.1, 0.15) is 0 Å². The molecule has 2 heterocycles. The minimum absolute atomic E-state index is 0.0321. The highest BCUT2D eigenvalue weighted by Gasteiger charge is 2.31. The summed E-state index contributed by atoms with van der Waals surface area (Å²) in [6, 6.07) is 6.50. The SMILES string of the molecule is O=C(Nc1cc(-c2cnco2)cc(C(F)(F)F)c1)c1cccs1. The molecule has 0 atom stereocenters. The highest BCUT2D eigenvalue weighted by atomic mass is 32.1. The zero-order valence-corrected chi connectivity index (χ0v) is 12.2. The molecule has 3 rings (SSSR count). The first-order chi connectivity index (χ1) is 10.9. The number of amides is 1. The third-order valence-electron chi connectivity index (χ3n) is 2.98. The van der Waals surface area contributed by atoms with Gasteiger partial charge in [-0.05, 0) is 29.6 Å². The predicted molar refractivity (Wildman–Crippen MR) is 79.2 cm³/mol. The van der Waals surface area contributed by atoms with Gasteiger partial charge >= 0.3 is 6.18 Å². The minimum Gasteiger partial charge on any atom is -0.444 e. The van der Waals surface area contributed by atoms with E-state index >= 15 is 0 Å². The molecule has 0 fully saturated rings. The van der Waals surface area contributed by atoms with Crippen LogP contribution in [0.25, 0.3) is 11.3 Å². The van der Waals surface area contributed by atoms with Gasteiger partial charge in [-0.2, -0.15) is 13.2 Å². The van der Waals surface area contributed by atoms with Gasteiger partial charge in [0.2, 0.25) is 0 Å². The number of aromatic nitrogens is 1. The normalized spacial score (nSPS) is 11.4. The number of thiophene rings is 1. The summed E-state index contributed by atoms with van der Waals surface area (Å²) in [5, 5.41) is 4.18. The summed E-state index contributed by atoms with van der Waals surface area (Å²) in [5.74, 6) is -0.287. The number of hydrogen-bond acceptors (Lipinski definition) is 4. The van der Waals surface area contributed by atoms with Gasteiger partial charge in [0.05, 0.1) is 16.6 Å². The summed E-state index contributed by atoms with van der Waals surface area (Å²) in [6.07, 6.45) is -2.11. The van der Waals surface area contributed by atoms with Crippen LogP contribution in [-0.4, -0.2) is 10.9 Å². The molecule has 0 aliphatic heterocycles. The maximum Gasteiger partial charge on any atom is 0.416 e. The summed E-state index contributed by atoms with van der Waals surface area (Å²) in [4.78, 5) is 16.1. The van der Waals surface area contributed by atoms with E-state index in [1.165, 1.54) is 23.6 Å². The molecule has 2 aromatic heterocycles. The number of carbonyl (C=O) groups excluding carboxylic acids is 1. The Morgan fingerprint density at radius 1 is 1.26 bits per heavy atom. The molecule has 1 aromatic carbocycles. The lowest BCUT2D eigenvalue weighted by molar-refractivity contribution is -0.137. The lowest BCUT2D eigenvalue weighted by atomic mass is 10.1. The topological polar surface area (TPSA) is 55.1 Å². The van der Waals surface area contributed by atoms with Crippen molar-refractivity contribution in [2.24, 2.45) is 0 Å². The minimum atomic E-state index is -4.54. The van der Waals surface area contributed by atoms with E-state index in [0.29, 0.717) is 4.88 Å². The van der Waals surface area contributed by atoms with Gasteiger partial charge in [-0.15, -0.1) is 11.3 Å². The Labute approximate surface area is 132 Å². The second kappa shape index (κ2) is 5.88. The van der Waals surface area contributed by atoms with Crippen molar-refractivity contribution in [1.29, 1.82) is 0 Å². The largest absolute Gasteiger partial charge is 0.444 e. The van der Waals surface area contributed by atoms with Crippen molar-refractivity contribution in [3.05, 3.63) is 58.7 Å². The van der Waals surface area contributed by atoms with Crippen LogP contribution in [0, 0.1) is 0 Å². The molecule has 0 aliphatic carbocycles. The first-order valence-corrected chi connectivity index (χ1v) is 7.27. The second-order valence-electron chi connectivity index (χ2n) is 4.59. The molecule has 3 aromatic rings. The number of nitrogens with one attached hydrogen (secondary N) is 1. The van der Waals surface area contributed by atoms with Crippen molar-refractivity contribution < 1.29 is 22.4 Å². The van der Waals surface area contributed by atoms with Gasteiger partial charge in [-0.25, -0.2) is 4.98 Å². The van der Waals surface area contributed by atoms with Crippen molar-refractivity contribution >= 4 is 22.9 Å². The molecule has 8 heteroatoms. The van der Waals surface area contributed by atoms with E-state index < -0.39 is 17.6 Å². The third-order valence-corrected chi connectivity index (χ3v) is 3.85. The Balaban J connectivity index is 1.99. The molecule has 0 saturated carbocycles. The molecule has 1 amide bonds. The van der Waals surface area contributed by atoms with Gasteiger partial charge in [0, 0.05) is 11.3 Å². The first-order valence-electron chi connectivity index (χ1n) is 6.39. The zero-order valence-electron chi connectivity index (χ0n) is 11.4. The maximum absolute atomic E-state index is 13.0. The van der Waals surface area contributed by atoms with Crippen LogP contribution in [0.3, 0.4) is 0 Å². The number of hydrogen-bond donors (Lipinski definition) is 1. The molecule has 118 valence electrons. The monoisotopic (exact) mass is 338 g/mol. The molecular formula is C15H9F3N2O2S. The fraction of sp³-hybridized carbons (Fsp3) is 0.0667. The van der Waals surface area contributed by atoms with Crippen LogP contribution in [-0.2, 0) is 6.18 Å². The Hall–Kier alpha value is -2.61. The molecule has 23 heavy (non-hydrogen) atoms. The summed E-state index contributed by atoms with van der Waals surface area (Å²) in [5.41, 5.74) is -0.670. The average molecular weight is 338 g/mol. The Kier molecular flexibility index (Phi) is 3.91. The second-order valence-corrected chi connectivity index (χ2v) is 5.54. The summed E-state index contributed by atoms with van der Waals surface area (Å²) < 4.78 is 44.2. The predicted octanol–water partition coefficient (Wildman–Crippen LogP) is 4.67. The van der Waals surface area contributed by atoms with Gasteiger partial charge in [-0.1, -0.05) is 6.07 Å². The molecular weight excluding hydrogens is 329 g/mol. The van der Waals surface area contributed by atoms with Crippen LogP contribution in [0.1, 0.15) is 15.2 Å². The molecule has 0 bridgehead atoms. The standard InChI is InChI=1S/C15H9F3N2O2S/c16-15(17,18)10-4-9(12-7-19-8-22-12)5-11(6-10)20-14(21)13-2-1-3-23-13/h1-8H,(H,20,21). The third kappa shape index (κ3) is 3.42. The van der Waals surface area contributed by atoms with Crippen molar-refractivity contribution in [2.45, 2.75) is 6.18 Å². The van der Waals surface area contributed by atoms with Gasteiger partial charge < -0.3 is 9.73 Å². The van der Waals surface area contributed by atoms with Crippen LogP contribution in [0.5, 0.6) is 0 Å². The highest BCUT2D eigenvalue weighted by Crippen LogP contribution is 2.35. The van der Waals surface area contributed by atoms with E-state index in [1.807, 2.05) is 0 Å². The molecule has 0 spiro atoms. The zero-order chi connectivity index (χ0) is 16.4. The van der Waals surface area contributed by atoms with Gasteiger partial charge in [0.15, 0.2) is 12.2 Å². The number of carbonyl (C=O) groups is 1.